The molecule has 0 aromatic heterocycles. The molecule has 0 heterocycles. The zero-order valence-electron chi connectivity index (χ0n) is 50.6. The lowest BCUT2D eigenvalue weighted by Crippen LogP contribution is -2.45. The fourth-order valence-electron chi connectivity index (χ4n) is 9.66. The number of likely N-dealkylation sites (N-methyl/N-ethyl adjacent to an activating group) is 1. The Labute approximate surface area is 467 Å². The van der Waals surface area contributed by atoms with Gasteiger partial charge in [-0.3, -0.25) is 13.8 Å². The molecule has 0 aromatic carbocycles. The average molecular weight is 1080 g/mol. The highest BCUT2D eigenvalue weighted by atomic mass is 31.2. The highest BCUT2D eigenvalue weighted by Gasteiger charge is 2.27. The Bertz CT molecular complexity index is 1360. The van der Waals surface area contributed by atoms with Crippen molar-refractivity contribution in [1.82, 2.24) is 5.32 Å². The van der Waals surface area contributed by atoms with Gasteiger partial charge in [0.05, 0.1) is 39.9 Å². The molecule has 0 aliphatic rings. The first-order valence-corrected chi connectivity index (χ1v) is 34.0. The second kappa shape index (κ2) is 57.2. The maximum absolute atomic E-state index is 13.0. The van der Waals surface area contributed by atoms with Gasteiger partial charge in [0.2, 0.25) is 5.91 Å². The number of hydrogen-bond acceptors (Lipinski definition) is 5. The molecule has 0 saturated heterocycles. The van der Waals surface area contributed by atoms with Gasteiger partial charge < -0.3 is 19.8 Å². The summed E-state index contributed by atoms with van der Waals surface area (Å²) in [7, 11) is 1.55. The number of hydrogen-bond donors (Lipinski definition) is 3. The first kappa shape index (κ1) is 73.5. The summed E-state index contributed by atoms with van der Waals surface area (Å²) >= 11 is 0. The first-order valence-electron chi connectivity index (χ1n) is 32.5. The summed E-state index contributed by atoms with van der Waals surface area (Å²) in [5.41, 5.74) is 0. The van der Waals surface area contributed by atoms with Gasteiger partial charge in [-0.15, -0.1) is 0 Å². The van der Waals surface area contributed by atoms with Crippen LogP contribution in [0.5, 0.6) is 0 Å². The second-order valence-electron chi connectivity index (χ2n) is 23.5. The first-order chi connectivity index (χ1) is 36.5. The van der Waals surface area contributed by atoms with E-state index in [1.807, 2.05) is 27.2 Å². The number of unbranched alkanes of at least 4 members (excludes halogenated alkanes) is 41. The molecule has 0 bridgehead atoms. The van der Waals surface area contributed by atoms with Crippen molar-refractivity contribution in [3.05, 3.63) is 48.6 Å². The van der Waals surface area contributed by atoms with Gasteiger partial charge in [0.1, 0.15) is 13.2 Å². The number of carbonyl (C=O) groups excluding carboxylic acids is 1. The molecule has 3 atom stereocenters. The van der Waals surface area contributed by atoms with Gasteiger partial charge in [-0.25, -0.2) is 4.57 Å². The molecule has 0 aromatic rings. The number of rotatable bonds is 60. The van der Waals surface area contributed by atoms with E-state index in [-0.39, 0.29) is 19.1 Å². The number of phosphoric acid groups is 1. The third-order valence-corrected chi connectivity index (χ3v) is 15.7. The lowest BCUT2D eigenvalue weighted by Gasteiger charge is -2.25. The van der Waals surface area contributed by atoms with Crippen LogP contribution in [0, 0.1) is 0 Å². The summed E-state index contributed by atoms with van der Waals surface area (Å²) in [4.78, 5) is 23.4. The second-order valence-corrected chi connectivity index (χ2v) is 24.9. The molecule has 0 rings (SSSR count). The molecule has 1 amide bonds. The van der Waals surface area contributed by atoms with Gasteiger partial charge in [0.15, 0.2) is 0 Å². The number of quaternary nitrogens is 1. The van der Waals surface area contributed by atoms with E-state index >= 15 is 0 Å². The van der Waals surface area contributed by atoms with Crippen molar-refractivity contribution in [2.24, 2.45) is 0 Å². The predicted molar refractivity (Wildman–Crippen MR) is 327 cm³/mol. The summed E-state index contributed by atoms with van der Waals surface area (Å²) in [5.74, 6) is -0.187. The van der Waals surface area contributed by atoms with E-state index in [2.05, 4.69) is 55.6 Å². The third kappa shape index (κ3) is 60.0. The van der Waals surface area contributed by atoms with Crippen LogP contribution in [0.3, 0.4) is 0 Å². The van der Waals surface area contributed by atoms with Crippen molar-refractivity contribution in [2.75, 3.05) is 40.9 Å². The molecule has 0 aliphatic heterocycles. The maximum Gasteiger partial charge on any atom is 0.472 e. The van der Waals surface area contributed by atoms with E-state index in [1.54, 1.807) is 6.08 Å². The monoisotopic (exact) mass is 1080 g/mol. The van der Waals surface area contributed by atoms with Crippen LogP contribution in [0.15, 0.2) is 48.6 Å². The van der Waals surface area contributed by atoms with Gasteiger partial charge >= 0.3 is 7.82 Å². The summed E-state index contributed by atoms with van der Waals surface area (Å²) < 4.78 is 23.7. The molecule has 442 valence electrons. The molecule has 3 unspecified atom stereocenters. The number of amides is 1. The Balaban J connectivity index is 4.15. The number of allylic oxidation sites excluding steroid dienone is 7. The van der Waals surface area contributed by atoms with E-state index in [0.29, 0.717) is 17.4 Å². The van der Waals surface area contributed by atoms with Crippen molar-refractivity contribution in [3.63, 3.8) is 0 Å². The summed E-state index contributed by atoms with van der Waals surface area (Å²) in [6.07, 6.45) is 76.8. The smallest absolute Gasteiger partial charge is 0.387 e. The molecule has 0 fully saturated rings. The quantitative estimate of drug-likeness (QED) is 0.0243. The maximum atomic E-state index is 13.0. The molecule has 9 heteroatoms. The van der Waals surface area contributed by atoms with E-state index in [4.69, 9.17) is 9.05 Å². The number of nitrogens with one attached hydrogen (secondary N) is 1. The van der Waals surface area contributed by atoms with E-state index < -0.39 is 20.0 Å². The molecule has 0 spiro atoms. The summed E-state index contributed by atoms with van der Waals surface area (Å²) in [6.45, 7) is 4.83. The van der Waals surface area contributed by atoms with Gasteiger partial charge in [0.25, 0.3) is 0 Å². The zero-order valence-corrected chi connectivity index (χ0v) is 51.4. The van der Waals surface area contributed by atoms with Gasteiger partial charge in [-0.2, -0.15) is 0 Å². The summed E-state index contributed by atoms with van der Waals surface area (Å²) in [5, 5.41) is 13.9. The van der Waals surface area contributed by atoms with Crippen LogP contribution < -0.4 is 5.32 Å². The molecule has 0 radical (unpaired) electrons. The number of aliphatic hydroxyl groups excluding tert-OH is 1. The molecule has 3 N–H and O–H groups in total. The predicted octanol–water partition coefficient (Wildman–Crippen LogP) is 20.3. The zero-order chi connectivity index (χ0) is 54.9. The Kier molecular flexibility index (Phi) is 56.0. The van der Waals surface area contributed by atoms with Crippen molar-refractivity contribution >= 4 is 13.7 Å². The molecular weight excluding hydrogens is 948 g/mol. The Morgan fingerprint density at radius 1 is 0.440 bits per heavy atom. The standard InChI is InChI=1S/C66H127N2O6P/c1-6-8-10-12-14-16-18-20-22-24-26-28-30-31-32-33-34-35-36-38-40-42-44-46-48-50-52-54-56-58-60-66(70)67-64(63-74-75(71,72)73-62-61-68(3,4)5)65(69)59-57-55-53-51-49-47-45-43-41-39-37-29-27-25-23-21-19-17-15-13-11-9-7-2/h31-32,41,43,49,51,57,59,64-65,69H,6-30,33-40,42,44-48,50,52-56,58,60-63H2,1-5H3,(H-,67,70,71,72)/p+1/b32-31-,43-41+,51-49+,59-57+. The lowest BCUT2D eigenvalue weighted by molar-refractivity contribution is -0.870. The van der Waals surface area contributed by atoms with Crippen LogP contribution in [0.1, 0.15) is 316 Å². The van der Waals surface area contributed by atoms with Crippen molar-refractivity contribution in [2.45, 2.75) is 328 Å². The number of nitrogens with zero attached hydrogens (tertiary/aromatic N) is 1. The minimum absolute atomic E-state index is 0.0538. The largest absolute Gasteiger partial charge is 0.472 e. The van der Waals surface area contributed by atoms with Gasteiger partial charge in [-0.1, -0.05) is 287 Å². The number of carbonyl (C=O) groups is 1. The normalized spacial score (nSPS) is 14.1. The van der Waals surface area contributed by atoms with Crippen LogP contribution in [-0.4, -0.2) is 73.4 Å². The molecular formula is C66H128N2O6P+. The Morgan fingerprint density at radius 2 is 0.733 bits per heavy atom. The van der Waals surface area contributed by atoms with E-state index in [9.17, 15) is 19.4 Å². The number of aliphatic hydroxyl groups is 1. The molecule has 0 saturated carbocycles. The van der Waals surface area contributed by atoms with E-state index in [1.165, 1.54) is 250 Å². The topological polar surface area (TPSA) is 105 Å². The minimum Gasteiger partial charge on any atom is -0.387 e. The molecule has 8 nitrogen and oxygen atoms in total. The fraction of sp³-hybridized carbons (Fsp3) is 0.864. The SMILES string of the molecule is CCCCCCCCCCCCCC/C=C\CCCCCCCCCCCCCCCCC(=O)NC(COP(=O)(O)OCC[N+](C)(C)C)C(O)/C=C/CC/C=C/CC/C=C/CCCCCCCCCCCCCCC. The van der Waals surface area contributed by atoms with Crippen LogP contribution in [0.2, 0.25) is 0 Å². The van der Waals surface area contributed by atoms with Crippen molar-refractivity contribution in [1.29, 1.82) is 0 Å². The third-order valence-electron chi connectivity index (χ3n) is 14.7. The summed E-state index contributed by atoms with van der Waals surface area (Å²) in [6, 6.07) is -0.871. The van der Waals surface area contributed by atoms with Crippen LogP contribution in [0.4, 0.5) is 0 Å². The van der Waals surface area contributed by atoms with Crippen LogP contribution in [0.25, 0.3) is 0 Å². The number of phosphoric ester groups is 1. The Hall–Kier alpha value is -1.54. The lowest BCUT2D eigenvalue weighted by atomic mass is 10.0. The molecule has 0 aliphatic carbocycles. The van der Waals surface area contributed by atoms with Crippen molar-refractivity contribution < 1.29 is 32.9 Å². The van der Waals surface area contributed by atoms with Crippen molar-refractivity contribution in [3.8, 4) is 0 Å². The van der Waals surface area contributed by atoms with Crippen LogP contribution in [-0.2, 0) is 18.4 Å². The fourth-order valence-corrected chi connectivity index (χ4v) is 10.4. The van der Waals surface area contributed by atoms with Crippen LogP contribution >= 0.6 is 7.82 Å². The molecule has 75 heavy (non-hydrogen) atoms. The average Bonchev–Trinajstić information content (AvgIpc) is 3.37. The Morgan fingerprint density at radius 3 is 1.07 bits per heavy atom. The van der Waals surface area contributed by atoms with E-state index in [0.717, 1.165) is 44.9 Å². The minimum atomic E-state index is -4.36. The van der Waals surface area contributed by atoms with Gasteiger partial charge in [0, 0.05) is 6.42 Å². The highest BCUT2D eigenvalue weighted by molar-refractivity contribution is 7.47. The highest BCUT2D eigenvalue weighted by Crippen LogP contribution is 2.43. The van der Waals surface area contributed by atoms with Gasteiger partial charge in [-0.05, 0) is 70.6 Å².